The zero-order chi connectivity index (χ0) is 19.8. The summed E-state index contributed by atoms with van der Waals surface area (Å²) in [5.41, 5.74) is 0.760. The third kappa shape index (κ3) is 6.57. The van der Waals surface area contributed by atoms with Gasteiger partial charge < -0.3 is 4.90 Å². The molecule has 0 bridgehead atoms. The fourth-order valence-electron chi connectivity index (χ4n) is 3.13. The molecule has 2 heterocycles. The van der Waals surface area contributed by atoms with E-state index in [4.69, 9.17) is 0 Å². The SMILES string of the molecule is O=C(CSc1ncccn1)N1CCC[C@H](CNS(=O)(=O)Cc2ccccc2)C1. The number of hydrogen-bond acceptors (Lipinski definition) is 6. The van der Waals surface area contributed by atoms with Crippen molar-refractivity contribution < 1.29 is 13.2 Å². The number of carbonyl (C=O) groups is 1. The Morgan fingerprint density at radius 3 is 2.68 bits per heavy atom. The van der Waals surface area contributed by atoms with Crippen molar-refractivity contribution in [2.75, 3.05) is 25.4 Å². The second-order valence-electron chi connectivity index (χ2n) is 6.76. The van der Waals surface area contributed by atoms with Gasteiger partial charge in [-0.25, -0.2) is 23.1 Å². The van der Waals surface area contributed by atoms with Gasteiger partial charge in [0.15, 0.2) is 5.16 Å². The Hall–Kier alpha value is -1.97. The fourth-order valence-corrected chi connectivity index (χ4v) is 5.05. The minimum Gasteiger partial charge on any atom is -0.342 e. The maximum absolute atomic E-state index is 12.5. The highest BCUT2D eigenvalue weighted by molar-refractivity contribution is 7.99. The Kier molecular flexibility index (Phi) is 7.41. The Balaban J connectivity index is 1.46. The Morgan fingerprint density at radius 1 is 1.18 bits per heavy atom. The highest BCUT2D eigenvalue weighted by atomic mass is 32.2. The lowest BCUT2D eigenvalue weighted by atomic mass is 9.98. The van der Waals surface area contributed by atoms with Crippen LogP contribution in [-0.4, -0.2) is 54.6 Å². The fraction of sp³-hybridized carbons (Fsp3) is 0.421. The van der Waals surface area contributed by atoms with Crippen LogP contribution in [-0.2, 0) is 20.6 Å². The van der Waals surface area contributed by atoms with E-state index >= 15 is 0 Å². The first-order valence-corrected chi connectivity index (χ1v) is 11.8. The van der Waals surface area contributed by atoms with E-state index < -0.39 is 10.0 Å². The van der Waals surface area contributed by atoms with Crippen LogP contribution in [0.25, 0.3) is 0 Å². The number of amides is 1. The summed E-state index contributed by atoms with van der Waals surface area (Å²) in [5, 5.41) is 0.582. The zero-order valence-corrected chi connectivity index (χ0v) is 17.2. The van der Waals surface area contributed by atoms with Crippen molar-refractivity contribution in [2.24, 2.45) is 5.92 Å². The number of nitrogens with zero attached hydrogens (tertiary/aromatic N) is 3. The summed E-state index contributed by atoms with van der Waals surface area (Å²) in [4.78, 5) is 22.5. The van der Waals surface area contributed by atoms with Crippen LogP contribution in [0.1, 0.15) is 18.4 Å². The summed E-state index contributed by atoms with van der Waals surface area (Å²) in [6.45, 7) is 1.64. The number of rotatable bonds is 8. The second-order valence-corrected chi connectivity index (χ2v) is 9.51. The molecular formula is C19H24N4O3S2. The minimum atomic E-state index is -3.39. The van der Waals surface area contributed by atoms with E-state index in [-0.39, 0.29) is 23.3 Å². The van der Waals surface area contributed by atoms with Crippen LogP contribution in [0.3, 0.4) is 0 Å². The number of thioether (sulfide) groups is 1. The maximum Gasteiger partial charge on any atom is 0.233 e. The number of sulfonamides is 1. The highest BCUT2D eigenvalue weighted by Crippen LogP contribution is 2.19. The number of hydrogen-bond donors (Lipinski definition) is 1. The van der Waals surface area contributed by atoms with Gasteiger partial charge in [0.1, 0.15) is 0 Å². The predicted octanol–water partition coefficient (Wildman–Crippen LogP) is 1.93. The first-order chi connectivity index (χ1) is 13.5. The quantitative estimate of drug-likeness (QED) is 0.518. The van der Waals surface area contributed by atoms with Crippen molar-refractivity contribution >= 4 is 27.7 Å². The number of carbonyl (C=O) groups excluding carboxylic acids is 1. The average molecular weight is 421 g/mol. The molecular weight excluding hydrogens is 396 g/mol. The van der Waals surface area contributed by atoms with Crippen LogP contribution in [0.5, 0.6) is 0 Å². The number of benzene rings is 1. The third-order valence-electron chi connectivity index (χ3n) is 4.53. The van der Waals surface area contributed by atoms with Crippen LogP contribution < -0.4 is 4.72 Å². The van der Waals surface area contributed by atoms with E-state index in [1.54, 1.807) is 30.6 Å². The molecule has 0 spiro atoms. The zero-order valence-electron chi connectivity index (χ0n) is 15.5. The molecule has 1 aliphatic heterocycles. The molecule has 1 amide bonds. The highest BCUT2D eigenvalue weighted by Gasteiger charge is 2.25. The van der Waals surface area contributed by atoms with Crippen molar-refractivity contribution in [3.63, 3.8) is 0 Å². The number of piperidine rings is 1. The van der Waals surface area contributed by atoms with Crippen LogP contribution in [0.15, 0.2) is 53.9 Å². The van der Waals surface area contributed by atoms with Crippen molar-refractivity contribution in [3.8, 4) is 0 Å². The summed E-state index contributed by atoms with van der Waals surface area (Å²) >= 11 is 1.32. The van der Waals surface area contributed by atoms with Gasteiger partial charge in [0.05, 0.1) is 11.5 Å². The first-order valence-electron chi connectivity index (χ1n) is 9.21. The molecule has 0 radical (unpaired) electrons. The molecule has 1 aromatic heterocycles. The standard InChI is InChI=1S/C19H24N4O3S2/c24-18(14-27-19-20-9-5-10-21-19)23-11-4-8-17(13-23)12-22-28(25,26)15-16-6-2-1-3-7-16/h1-3,5-7,9-10,17,22H,4,8,11-15H2/t17-/m1/s1. The van der Waals surface area contributed by atoms with Gasteiger partial charge in [-0.15, -0.1) is 0 Å². The summed E-state index contributed by atoms with van der Waals surface area (Å²) in [5.74, 6) is 0.420. The molecule has 3 rings (SSSR count). The van der Waals surface area contributed by atoms with E-state index in [0.717, 1.165) is 18.4 Å². The molecule has 1 N–H and O–H groups in total. The number of aromatic nitrogens is 2. The molecule has 2 aromatic rings. The molecule has 7 nitrogen and oxygen atoms in total. The van der Waals surface area contributed by atoms with E-state index in [9.17, 15) is 13.2 Å². The van der Waals surface area contributed by atoms with Gasteiger partial charge in [0.25, 0.3) is 0 Å². The molecule has 28 heavy (non-hydrogen) atoms. The lowest BCUT2D eigenvalue weighted by Gasteiger charge is -2.32. The normalized spacial score (nSPS) is 17.4. The van der Waals surface area contributed by atoms with Gasteiger partial charge >= 0.3 is 0 Å². The predicted molar refractivity (Wildman–Crippen MR) is 109 cm³/mol. The Labute approximate surface area is 170 Å². The summed E-state index contributed by atoms with van der Waals surface area (Å²) in [6, 6.07) is 10.9. The van der Waals surface area contributed by atoms with Gasteiger partial charge in [0.2, 0.25) is 15.9 Å². The van der Waals surface area contributed by atoms with E-state index in [2.05, 4.69) is 14.7 Å². The second kappa shape index (κ2) is 9.99. The molecule has 1 aliphatic rings. The van der Waals surface area contributed by atoms with Crippen LogP contribution in [0.2, 0.25) is 0 Å². The van der Waals surface area contributed by atoms with Crippen LogP contribution in [0.4, 0.5) is 0 Å². The molecule has 9 heteroatoms. The van der Waals surface area contributed by atoms with Crippen molar-refractivity contribution in [2.45, 2.75) is 23.8 Å². The molecule has 1 atom stereocenters. The van der Waals surface area contributed by atoms with E-state index in [1.807, 2.05) is 23.1 Å². The monoisotopic (exact) mass is 420 g/mol. The van der Waals surface area contributed by atoms with Crippen molar-refractivity contribution in [1.29, 1.82) is 0 Å². The van der Waals surface area contributed by atoms with Crippen LogP contribution in [0, 0.1) is 5.92 Å². The molecule has 150 valence electrons. The largest absolute Gasteiger partial charge is 0.342 e. The van der Waals surface area contributed by atoms with Crippen molar-refractivity contribution in [1.82, 2.24) is 19.6 Å². The van der Waals surface area contributed by atoms with Crippen molar-refractivity contribution in [3.05, 3.63) is 54.4 Å². The van der Waals surface area contributed by atoms with E-state index in [1.165, 1.54) is 11.8 Å². The first kappa shape index (κ1) is 20.8. The summed E-state index contributed by atoms with van der Waals surface area (Å²) < 4.78 is 27.3. The molecule has 0 saturated carbocycles. The average Bonchev–Trinajstić information content (AvgIpc) is 2.72. The minimum absolute atomic E-state index is 0.0308. The number of likely N-dealkylation sites (tertiary alicyclic amines) is 1. The lowest BCUT2D eigenvalue weighted by Crippen LogP contribution is -2.44. The third-order valence-corrected chi connectivity index (χ3v) is 6.71. The summed E-state index contributed by atoms with van der Waals surface area (Å²) in [6.07, 6.45) is 5.09. The number of nitrogens with one attached hydrogen (secondary N) is 1. The maximum atomic E-state index is 12.5. The van der Waals surface area contributed by atoms with Gasteiger partial charge in [-0.05, 0) is 30.4 Å². The van der Waals surface area contributed by atoms with Crippen LogP contribution >= 0.6 is 11.8 Å². The lowest BCUT2D eigenvalue weighted by molar-refractivity contribution is -0.130. The molecule has 0 unspecified atom stereocenters. The van der Waals surface area contributed by atoms with Gasteiger partial charge in [-0.1, -0.05) is 42.1 Å². The molecule has 1 saturated heterocycles. The smallest absolute Gasteiger partial charge is 0.233 e. The van der Waals surface area contributed by atoms with E-state index in [0.29, 0.717) is 24.8 Å². The van der Waals surface area contributed by atoms with Gasteiger partial charge in [-0.2, -0.15) is 0 Å². The Bertz CT molecular complexity index is 863. The van der Waals surface area contributed by atoms with Gasteiger partial charge in [-0.3, -0.25) is 4.79 Å². The summed E-state index contributed by atoms with van der Waals surface area (Å²) in [7, 11) is -3.39. The topological polar surface area (TPSA) is 92.3 Å². The molecule has 0 aliphatic carbocycles. The Morgan fingerprint density at radius 2 is 1.93 bits per heavy atom. The molecule has 1 fully saturated rings. The molecule has 1 aromatic carbocycles. The van der Waals surface area contributed by atoms with Gasteiger partial charge in [0, 0.05) is 32.0 Å².